The smallest absolute Gasteiger partial charge is 0.480 e. The van der Waals surface area contributed by atoms with Crippen LogP contribution in [0.2, 0.25) is 0 Å². The summed E-state index contributed by atoms with van der Waals surface area (Å²) < 4.78 is 0. The Bertz CT molecular complexity index is 174. The molecule has 0 aromatic rings. The van der Waals surface area contributed by atoms with E-state index in [4.69, 9.17) is 31.6 Å². The summed E-state index contributed by atoms with van der Waals surface area (Å²) >= 11 is 0. The maximum absolute atomic E-state index is 10.1. The van der Waals surface area contributed by atoms with Crippen LogP contribution in [-0.2, 0) is 4.79 Å². The quantitative estimate of drug-likeness (QED) is 0.324. The number of carboxylic acid groups (broad SMARTS) is 3. The van der Waals surface area contributed by atoms with Crippen LogP contribution in [0.5, 0.6) is 0 Å². The predicted molar refractivity (Wildman–Crippen MR) is 59.2 cm³/mol. The highest BCUT2D eigenvalue weighted by Gasteiger charge is 2.09. The van der Waals surface area contributed by atoms with Crippen LogP contribution in [0.25, 0.3) is 0 Å². The topological polar surface area (TPSA) is 217 Å². The molecular formula is C7H22N4O5. The van der Waals surface area contributed by atoms with Crippen molar-refractivity contribution < 1.29 is 24.9 Å². The van der Waals surface area contributed by atoms with Gasteiger partial charge in [-0.15, -0.1) is 0 Å². The fourth-order valence-corrected chi connectivity index (χ4v) is 0.632. The zero-order chi connectivity index (χ0) is 11.6. The minimum atomic E-state index is -1.83. The van der Waals surface area contributed by atoms with E-state index in [0.29, 0.717) is 13.0 Å². The number of aliphatic carboxylic acids is 1. The second kappa shape index (κ2) is 16.0. The Kier molecular flexibility index (Phi) is 24.1. The number of nitrogens with two attached hydrogens (primary N) is 2. The lowest BCUT2D eigenvalue weighted by Crippen LogP contribution is -2.29. The Morgan fingerprint density at radius 2 is 1.44 bits per heavy atom. The van der Waals surface area contributed by atoms with Crippen LogP contribution in [0.1, 0.15) is 19.3 Å². The van der Waals surface area contributed by atoms with Crippen molar-refractivity contribution in [2.24, 2.45) is 11.5 Å². The number of carboxylic acids is 1. The molecule has 0 heterocycles. The predicted octanol–water partition coefficient (Wildman–Crippen LogP) is 0.0737. The summed E-state index contributed by atoms with van der Waals surface area (Å²) in [6, 6.07) is -0.716. The molecule has 100 valence electrons. The molecular weight excluding hydrogens is 220 g/mol. The zero-order valence-corrected chi connectivity index (χ0v) is 9.13. The molecule has 0 saturated carbocycles. The van der Waals surface area contributed by atoms with E-state index in [0.717, 1.165) is 12.8 Å². The molecule has 0 saturated heterocycles. The summed E-state index contributed by atoms with van der Waals surface area (Å²) in [7, 11) is 0. The molecule has 0 aromatic carbocycles. The van der Waals surface area contributed by atoms with Gasteiger partial charge < -0.3 is 39.1 Å². The average molecular weight is 242 g/mol. The van der Waals surface area contributed by atoms with Crippen LogP contribution >= 0.6 is 0 Å². The molecule has 13 N–H and O–H groups in total. The van der Waals surface area contributed by atoms with Crippen LogP contribution in [0.3, 0.4) is 0 Å². The Labute approximate surface area is 93.6 Å². The van der Waals surface area contributed by atoms with E-state index < -0.39 is 18.2 Å². The highest BCUT2D eigenvalue weighted by atomic mass is 16.6. The third-order valence-electron chi connectivity index (χ3n) is 1.29. The minimum Gasteiger partial charge on any atom is -0.480 e. The number of unbranched alkanes of at least 4 members (excludes halogenated alkanes) is 1. The Balaban J connectivity index is -0.000000105. The summed E-state index contributed by atoms with van der Waals surface area (Å²) in [5.41, 5.74) is 10.4. The van der Waals surface area contributed by atoms with Gasteiger partial charge in [-0.2, -0.15) is 0 Å². The second-order valence-corrected chi connectivity index (χ2v) is 2.51. The van der Waals surface area contributed by atoms with Crippen LogP contribution in [-0.4, -0.2) is 40.0 Å². The van der Waals surface area contributed by atoms with Gasteiger partial charge in [-0.1, -0.05) is 6.42 Å². The SMILES string of the molecule is N.N.NCCCC[C@H](N)C(=O)O.O=C(O)O. The van der Waals surface area contributed by atoms with Crippen molar-refractivity contribution in [3.05, 3.63) is 0 Å². The van der Waals surface area contributed by atoms with Gasteiger partial charge in [-0.05, 0) is 19.4 Å². The maximum Gasteiger partial charge on any atom is 0.503 e. The molecule has 0 aromatic heterocycles. The first-order valence-corrected chi connectivity index (χ1v) is 4.02. The molecule has 0 unspecified atom stereocenters. The number of rotatable bonds is 5. The molecule has 0 spiro atoms. The Hall–Kier alpha value is -1.42. The molecule has 0 bridgehead atoms. The molecule has 9 nitrogen and oxygen atoms in total. The average Bonchev–Trinajstić information content (AvgIpc) is 2.03. The van der Waals surface area contributed by atoms with E-state index in [1.54, 1.807) is 0 Å². The monoisotopic (exact) mass is 242 g/mol. The van der Waals surface area contributed by atoms with Gasteiger partial charge in [-0.25, -0.2) is 4.79 Å². The van der Waals surface area contributed by atoms with Gasteiger partial charge in [-0.3, -0.25) is 4.79 Å². The third-order valence-corrected chi connectivity index (χ3v) is 1.29. The van der Waals surface area contributed by atoms with Crippen molar-refractivity contribution in [3.63, 3.8) is 0 Å². The van der Waals surface area contributed by atoms with Crippen molar-refractivity contribution >= 4 is 12.1 Å². The number of carbonyl (C=O) groups is 2. The first-order valence-electron chi connectivity index (χ1n) is 4.02. The molecule has 0 radical (unpaired) electrons. The van der Waals surface area contributed by atoms with Crippen molar-refractivity contribution in [3.8, 4) is 0 Å². The zero-order valence-electron chi connectivity index (χ0n) is 9.13. The first kappa shape index (κ1) is 24.0. The summed E-state index contributed by atoms with van der Waals surface area (Å²) in [6.45, 7) is 0.604. The molecule has 9 heteroatoms. The van der Waals surface area contributed by atoms with E-state index >= 15 is 0 Å². The second-order valence-electron chi connectivity index (χ2n) is 2.51. The van der Waals surface area contributed by atoms with Crippen LogP contribution in [0.4, 0.5) is 4.79 Å². The van der Waals surface area contributed by atoms with E-state index in [2.05, 4.69) is 0 Å². The van der Waals surface area contributed by atoms with Gasteiger partial charge in [0.1, 0.15) is 6.04 Å². The first-order chi connectivity index (χ1) is 6.41. The normalized spacial score (nSPS) is 9.62. The lowest BCUT2D eigenvalue weighted by Gasteiger charge is -2.03. The third kappa shape index (κ3) is 29.4. The lowest BCUT2D eigenvalue weighted by atomic mass is 10.1. The summed E-state index contributed by atoms with van der Waals surface area (Å²) in [4.78, 5) is 18.7. The van der Waals surface area contributed by atoms with Crippen LogP contribution in [0.15, 0.2) is 0 Å². The summed E-state index contributed by atoms with van der Waals surface area (Å²) in [6.07, 6.45) is 0.331. The molecule has 0 aliphatic carbocycles. The maximum atomic E-state index is 10.1. The summed E-state index contributed by atoms with van der Waals surface area (Å²) in [5, 5.41) is 22.3. The molecule has 0 rings (SSSR count). The molecule has 0 aliphatic rings. The number of hydrogen-bond donors (Lipinski definition) is 7. The van der Waals surface area contributed by atoms with Gasteiger partial charge in [0.15, 0.2) is 0 Å². The van der Waals surface area contributed by atoms with Crippen LogP contribution in [0, 0.1) is 0 Å². The Morgan fingerprint density at radius 3 is 1.69 bits per heavy atom. The minimum absolute atomic E-state index is 0. The summed E-state index contributed by atoms with van der Waals surface area (Å²) in [5.74, 6) is -0.933. The molecule has 0 aliphatic heterocycles. The molecule has 1 atom stereocenters. The van der Waals surface area contributed by atoms with E-state index in [1.807, 2.05) is 0 Å². The molecule has 16 heavy (non-hydrogen) atoms. The van der Waals surface area contributed by atoms with Crippen molar-refractivity contribution in [2.75, 3.05) is 6.54 Å². The van der Waals surface area contributed by atoms with Gasteiger partial charge in [0, 0.05) is 0 Å². The van der Waals surface area contributed by atoms with Gasteiger partial charge in [0.2, 0.25) is 0 Å². The van der Waals surface area contributed by atoms with Crippen molar-refractivity contribution in [1.29, 1.82) is 0 Å². The van der Waals surface area contributed by atoms with Crippen molar-refractivity contribution in [1.82, 2.24) is 12.3 Å². The lowest BCUT2D eigenvalue weighted by molar-refractivity contribution is -0.138. The highest BCUT2D eigenvalue weighted by Crippen LogP contribution is 1.96. The fourth-order valence-electron chi connectivity index (χ4n) is 0.632. The standard InChI is InChI=1S/C6H14N2O2.CH2O3.2H3N/c7-4-2-1-3-5(8)6(9)10;2-1(3)4;;/h5H,1-4,7-8H2,(H,9,10);(H2,2,3,4);2*1H3/t5-;;;/m0.../s1. The molecule has 0 amide bonds. The van der Waals surface area contributed by atoms with Gasteiger partial charge in [0.25, 0.3) is 0 Å². The Morgan fingerprint density at radius 1 is 1.06 bits per heavy atom. The number of hydrogen-bond acceptors (Lipinski definition) is 6. The highest BCUT2D eigenvalue weighted by molar-refractivity contribution is 5.72. The van der Waals surface area contributed by atoms with E-state index in [9.17, 15) is 4.79 Å². The van der Waals surface area contributed by atoms with Gasteiger partial charge in [0.05, 0.1) is 0 Å². The van der Waals surface area contributed by atoms with Gasteiger partial charge >= 0.3 is 12.1 Å². The van der Waals surface area contributed by atoms with Crippen molar-refractivity contribution in [2.45, 2.75) is 25.3 Å². The van der Waals surface area contributed by atoms with Crippen LogP contribution < -0.4 is 23.8 Å². The van der Waals surface area contributed by atoms with E-state index in [-0.39, 0.29) is 12.3 Å². The largest absolute Gasteiger partial charge is 0.503 e. The fraction of sp³-hybridized carbons (Fsp3) is 0.714. The van der Waals surface area contributed by atoms with E-state index in [1.165, 1.54) is 0 Å². The molecule has 0 fully saturated rings.